The van der Waals surface area contributed by atoms with Crippen LogP contribution in [-0.2, 0) is 21.1 Å². The fourth-order valence-electron chi connectivity index (χ4n) is 0.186. The quantitative estimate of drug-likeness (QED) is 0.656. The number of hydrogen-bond donors (Lipinski definition) is 1. The normalized spacial score (nSPS) is 6.67. The molecule has 0 saturated carbocycles. The summed E-state index contributed by atoms with van der Waals surface area (Å²) in [6.45, 7) is 0. The average Bonchev–Trinajstić information content (AvgIpc) is 1.76. The SMILES string of the molecule is [W].[c-]1ncc[nH]1. The maximum Gasteiger partial charge on any atom is 0 e. The summed E-state index contributed by atoms with van der Waals surface area (Å²) < 4.78 is 0. The van der Waals surface area contributed by atoms with Crippen LogP contribution in [0.2, 0.25) is 0 Å². The number of nitrogens with one attached hydrogen (secondary N) is 1. The van der Waals surface area contributed by atoms with Crippen molar-refractivity contribution in [3.63, 3.8) is 0 Å². The Hall–Kier alpha value is -0.102. The van der Waals surface area contributed by atoms with Gasteiger partial charge >= 0.3 is 0 Å². The molecular formula is C3H3N2W-. The molecule has 0 bridgehead atoms. The molecule has 1 heterocycles. The monoisotopic (exact) mass is 251 g/mol. The largest absolute Gasteiger partial charge is 0.467 e. The predicted molar refractivity (Wildman–Crippen MR) is 17.4 cm³/mol. The van der Waals surface area contributed by atoms with E-state index in [0.29, 0.717) is 0 Å². The molecule has 0 aliphatic rings. The molecule has 0 unspecified atom stereocenters. The van der Waals surface area contributed by atoms with Crippen molar-refractivity contribution in [2.45, 2.75) is 0 Å². The van der Waals surface area contributed by atoms with E-state index in [0.717, 1.165) is 0 Å². The predicted octanol–water partition coefficient (Wildman–Crippen LogP) is 0.207. The zero-order valence-corrected chi connectivity index (χ0v) is 5.94. The molecule has 0 spiro atoms. The van der Waals surface area contributed by atoms with Crippen molar-refractivity contribution < 1.29 is 21.1 Å². The van der Waals surface area contributed by atoms with Gasteiger partial charge in [0, 0.05) is 21.1 Å². The van der Waals surface area contributed by atoms with Gasteiger partial charge in [0.15, 0.2) is 0 Å². The van der Waals surface area contributed by atoms with Gasteiger partial charge < -0.3 is 9.97 Å². The van der Waals surface area contributed by atoms with Crippen molar-refractivity contribution in [2.75, 3.05) is 0 Å². The molecule has 1 rings (SSSR count). The first-order valence-corrected chi connectivity index (χ1v) is 1.35. The van der Waals surface area contributed by atoms with Crippen molar-refractivity contribution >= 4 is 0 Å². The van der Waals surface area contributed by atoms with E-state index in [9.17, 15) is 0 Å². The molecule has 1 N–H and O–H groups in total. The van der Waals surface area contributed by atoms with Gasteiger partial charge in [-0.2, -0.15) is 0 Å². The minimum absolute atomic E-state index is 0. The second-order valence-corrected chi connectivity index (χ2v) is 0.701. The van der Waals surface area contributed by atoms with Gasteiger partial charge in [0.05, 0.1) is 0 Å². The Morgan fingerprint density at radius 2 is 2.50 bits per heavy atom. The van der Waals surface area contributed by atoms with Gasteiger partial charge in [-0.3, -0.25) is 0 Å². The smallest absolute Gasteiger partial charge is 0 e. The summed E-state index contributed by atoms with van der Waals surface area (Å²) in [6.07, 6.45) is 5.83. The minimum Gasteiger partial charge on any atom is -0.467 e. The number of nitrogens with zero attached hydrogens (tertiary/aromatic N) is 1. The van der Waals surface area contributed by atoms with Crippen LogP contribution in [0.1, 0.15) is 0 Å². The molecule has 0 amide bonds. The summed E-state index contributed by atoms with van der Waals surface area (Å²) in [5.41, 5.74) is 0. The zero-order valence-electron chi connectivity index (χ0n) is 3.01. The van der Waals surface area contributed by atoms with Gasteiger partial charge in [-0.15, -0.1) is 12.4 Å². The Balaban J connectivity index is 0.000000250. The summed E-state index contributed by atoms with van der Waals surface area (Å²) in [5, 5.41) is 0. The Labute approximate surface area is 50.2 Å². The summed E-state index contributed by atoms with van der Waals surface area (Å²) in [7, 11) is 0. The number of H-pyrrole nitrogens is 1. The average molecular weight is 251 g/mol. The van der Waals surface area contributed by atoms with Crippen LogP contribution in [0, 0.1) is 6.33 Å². The van der Waals surface area contributed by atoms with Crippen LogP contribution in [0.25, 0.3) is 0 Å². The molecule has 0 fully saturated rings. The summed E-state index contributed by atoms with van der Waals surface area (Å²) >= 11 is 0. The molecule has 1 aromatic rings. The summed E-state index contributed by atoms with van der Waals surface area (Å²) in [6, 6.07) is 0. The molecule has 2 nitrogen and oxygen atoms in total. The van der Waals surface area contributed by atoms with Crippen LogP contribution in [0.3, 0.4) is 0 Å². The number of imidazole rings is 1. The van der Waals surface area contributed by atoms with Gasteiger partial charge in [0.2, 0.25) is 0 Å². The number of aromatic amines is 1. The Morgan fingerprint density at radius 1 is 1.67 bits per heavy atom. The van der Waals surface area contributed by atoms with Crippen LogP contribution in [-0.4, -0.2) is 9.97 Å². The van der Waals surface area contributed by atoms with Gasteiger partial charge in [-0.05, 0) is 6.33 Å². The van der Waals surface area contributed by atoms with Gasteiger partial charge in [0.25, 0.3) is 0 Å². The first-order chi connectivity index (χ1) is 2.50. The third kappa shape index (κ3) is 1.36. The Bertz CT molecular complexity index is 65.3. The van der Waals surface area contributed by atoms with E-state index in [1.807, 2.05) is 0 Å². The first-order valence-electron chi connectivity index (χ1n) is 1.35. The van der Waals surface area contributed by atoms with Crippen LogP contribution >= 0.6 is 0 Å². The molecule has 1 aromatic heterocycles. The molecule has 0 radical (unpaired) electrons. The second-order valence-electron chi connectivity index (χ2n) is 0.701. The van der Waals surface area contributed by atoms with Gasteiger partial charge in [-0.1, -0.05) is 0 Å². The van der Waals surface area contributed by atoms with Crippen LogP contribution in [0.15, 0.2) is 12.4 Å². The number of rotatable bonds is 0. The molecule has 0 atom stereocenters. The summed E-state index contributed by atoms with van der Waals surface area (Å²) in [4.78, 5) is 6.17. The van der Waals surface area contributed by atoms with E-state index < -0.39 is 0 Å². The third-order valence-electron chi connectivity index (χ3n) is 0.362. The molecule has 0 saturated heterocycles. The van der Waals surface area contributed by atoms with Crippen LogP contribution in [0.5, 0.6) is 0 Å². The van der Waals surface area contributed by atoms with Crippen molar-refractivity contribution in [1.82, 2.24) is 9.97 Å². The second kappa shape index (κ2) is 3.10. The topological polar surface area (TPSA) is 28.7 Å². The zero-order chi connectivity index (χ0) is 3.54. The van der Waals surface area contributed by atoms with E-state index in [4.69, 9.17) is 0 Å². The van der Waals surface area contributed by atoms with Gasteiger partial charge in [0.1, 0.15) is 0 Å². The third-order valence-corrected chi connectivity index (χ3v) is 0.362. The molecule has 32 valence electrons. The fraction of sp³-hybridized carbons (Fsp3) is 0. The first kappa shape index (κ1) is 5.90. The van der Waals surface area contributed by atoms with E-state index in [1.54, 1.807) is 12.4 Å². The van der Waals surface area contributed by atoms with Crippen LogP contribution in [0.4, 0.5) is 0 Å². The maximum absolute atomic E-state index is 3.54. The van der Waals surface area contributed by atoms with Crippen molar-refractivity contribution in [3.05, 3.63) is 18.7 Å². The fourth-order valence-corrected chi connectivity index (χ4v) is 0.186. The summed E-state index contributed by atoms with van der Waals surface area (Å²) in [5.74, 6) is 0. The van der Waals surface area contributed by atoms with E-state index >= 15 is 0 Å². The number of hydrogen-bond acceptors (Lipinski definition) is 1. The van der Waals surface area contributed by atoms with Crippen molar-refractivity contribution in [2.24, 2.45) is 0 Å². The van der Waals surface area contributed by atoms with E-state index in [2.05, 4.69) is 16.3 Å². The Kier molecular flexibility index (Phi) is 3.05. The molecule has 3 heteroatoms. The molecular weight excluding hydrogens is 248 g/mol. The van der Waals surface area contributed by atoms with Crippen LogP contribution < -0.4 is 0 Å². The molecule has 0 aliphatic heterocycles. The standard InChI is InChI=1S/C3H3N2.W/c1-2-5-3-4-1;/h1-2H,(H,4,5);/q-1;. The van der Waals surface area contributed by atoms with Crippen molar-refractivity contribution in [1.29, 1.82) is 0 Å². The van der Waals surface area contributed by atoms with Gasteiger partial charge in [-0.25, -0.2) is 0 Å². The van der Waals surface area contributed by atoms with E-state index in [1.165, 1.54) is 0 Å². The number of aromatic nitrogens is 2. The van der Waals surface area contributed by atoms with Crippen molar-refractivity contribution in [3.8, 4) is 0 Å². The Morgan fingerprint density at radius 3 is 2.67 bits per heavy atom. The molecule has 0 aromatic carbocycles. The minimum atomic E-state index is 0. The molecule has 0 aliphatic carbocycles. The maximum atomic E-state index is 3.54. The van der Waals surface area contributed by atoms with E-state index in [-0.39, 0.29) is 21.1 Å². The molecule has 6 heavy (non-hydrogen) atoms.